The van der Waals surface area contributed by atoms with Crippen LogP contribution in [0, 0.1) is 0 Å². The first-order valence-corrected chi connectivity index (χ1v) is 7.79. The zero-order valence-electron chi connectivity index (χ0n) is 11.6. The topological polar surface area (TPSA) is 37.4 Å². The van der Waals surface area contributed by atoms with E-state index in [-0.39, 0.29) is 0 Å². The second-order valence-corrected chi connectivity index (χ2v) is 5.80. The number of para-hydroxylation sites is 2. The van der Waals surface area contributed by atoms with Crippen molar-refractivity contribution < 1.29 is 4.74 Å². The number of nitrogens with zero attached hydrogens (tertiary/aromatic N) is 2. The monoisotopic (exact) mass is 289 g/mol. The molecule has 2 aromatic rings. The summed E-state index contributed by atoms with van der Waals surface area (Å²) in [6, 6.07) is 8.26. The van der Waals surface area contributed by atoms with Gasteiger partial charge >= 0.3 is 0 Å². The summed E-state index contributed by atoms with van der Waals surface area (Å²) in [6.07, 6.45) is 1.04. The van der Waals surface area contributed by atoms with Gasteiger partial charge in [-0.3, -0.25) is 0 Å². The van der Waals surface area contributed by atoms with Crippen LogP contribution in [0.15, 0.2) is 29.6 Å². The highest BCUT2D eigenvalue weighted by molar-refractivity contribution is 7.09. The van der Waals surface area contributed by atoms with Crippen LogP contribution in [-0.4, -0.2) is 25.2 Å². The average Bonchev–Trinajstić information content (AvgIpc) is 2.80. The van der Waals surface area contributed by atoms with Gasteiger partial charge in [-0.1, -0.05) is 12.1 Å². The quantitative estimate of drug-likeness (QED) is 0.939. The summed E-state index contributed by atoms with van der Waals surface area (Å²) in [5.41, 5.74) is 2.31. The second kappa shape index (κ2) is 6.24. The lowest BCUT2D eigenvalue weighted by molar-refractivity contribution is 0.322. The average molecular weight is 289 g/mol. The molecule has 5 heteroatoms. The van der Waals surface area contributed by atoms with Gasteiger partial charge in [0.05, 0.1) is 24.5 Å². The van der Waals surface area contributed by atoms with Crippen LogP contribution < -0.4 is 15.0 Å². The van der Waals surface area contributed by atoms with E-state index in [1.54, 1.807) is 11.3 Å². The van der Waals surface area contributed by atoms with Gasteiger partial charge in [0.1, 0.15) is 10.8 Å². The number of anilines is 1. The zero-order valence-corrected chi connectivity index (χ0v) is 12.4. The number of ether oxygens (including phenoxy) is 1. The molecule has 1 aromatic carbocycles. The van der Waals surface area contributed by atoms with Crippen molar-refractivity contribution in [3.8, 4) is 5.75 Å². The Morgan fingerprint density at radius 2 is 2.30 bits per heavy atom. The summed E-state index contributed by atoms with van der Waals surface area (Å²) in [6.45, 7) is 3.48. The van der Waals surface area contributed by atoms with E-state index >= 15 is 0 Å². The number of thiazole rings is 1. The molecule has 3 rings (SSSR count). The van der Waals surface area contributed by atoms with Gasteiger partial charge in [0.25, 0.3) is 0 Å². The van der Waals surface area contributed by atoms with Crippen molar-refractivity contribution in [2.75, 3.05) is 25.1 Å². The van der Waals surface area contributed by atoms with Crippen LogP contribution in [0.1, 0.15) is 17.1 Å². The fourth-order valence-corrected chi connectivity index (χ4v) is 3.21. The molecule has 0 amide bonds. The third kappa shape index (κ3) is 2.94. The molecule has 0 saturated carbocycles. The molecule has 1 aliphatic rings. The molecule has 0 fully saturated rings. The van der Waals surface area contributed by atoms with Crippen LogP contribution in [0.5, 0.6) is 5.75 Å². The Balaban J connectivity index is 1.79. The number of aromatic nitrogens is 1. The first kappa shape index (κ1) is 13.4. The van der Waals surface area contributed by atoms with Gasteiger partial charge in [0.2, 0.25) is 0 Å². The summed E-state index contributed by atoms with van der Waals surface area (Å²) in [5, 5.41) is 6.44. The smallest absolute Gasteiger partial charge is 0.142 e. The van der Waals surface area contributed by atoms with Crippen LogP contribution in [-0.2, 0) is 13.1 Å². The van der Waals surface area contributed by atoms with Crippen LogP contribution >= 0.6 is 11.3 Å². The number of hydrogen-bond donors (Lipinski definition) is 1. The largest absolute Gasteiger partial charge is 0.491 e. The van der Waals surface area contributed by atoms with E-state index in [2.05, 4.69) is 32.7 Å². The van der Waals surface area contributed by atoms with Crippen molar-refractivity contribution in [3.05, 3.63) is 40.3 Å². The molecule has 0 radical (unpaired) electrons. The second-order valence-electron chi connectivity index (χ2n) is 4.85. The van der Waals surface area contributed by atoms with Gasteiger partial charge in [0, 0.05) is 18.5 Å². The Morgan fingerprint density at radius 1 is 1.40 bits per heavy atom. The molecule has 1 aliphatic heterocycles. The van der Waals surface area contributed by atoms with Gasteiger partial charge in [-0.05, 0) is 25.6 Å². The fourth-order valence-electron chi connectivity index (χ4n) is 2.41. The van der Waals surface area contributed by atoms with Crippen LogP contribution in [0.3, 0.4) is 0 Å². The standard InChI is InChI=1S/C15H19N3OS/c1-16-9-15-17-12(11-20-15)10-18-7-4-8-19-14-6-3-2-5-13(14)18/h2-3,5-6,11,16H,4,7-10H2,1H3. The molecule has 0 bridgehead atoms. The van der Waals surface area contributed by atoms with E-state index < -0.39 is 0 Å². The number of rotatable bonds is 4. The molecule has 4 nitrogen and oxygen atoms in total. The number of hydrogen-bond acceptors (Lipinski definition) is 5. The molecular weight excluding hydrogens is 270 g/mol. The van der Waals surface area contributed by atoms with E-state index in [0.717, 1.165) is 49.1 Å². The van der Waals surface area contributed by atoms with Crippen LogP contribution in [0.25, 0.3) is 0 Å². The van der Waals surface area contributed by atoms with E-state index in [4.69, 9.17) is 4.74 Å². The van der Waals surface area contributed by atoms with Crippen LogP contribution in [0.4, 0.5) is 5.69 Å². The molecule has 20 heavy (non-hydrogen) atoms. The highest BCUT2D eigenvalue weighted by Gasteiger charge is 2.17. The minimum Gasteiger partial charge on any atom is -0.491 e. The molecule has 1 aromatic heterocycles. The van der Waals surface area contributed by atoms with Crippen molar-refractivity contribution >= 4 is 17.0 Å². The molecule has 1 N–H and O–H groups in total. The first-order chi connectivity index (χ1) is 9.86. The maximum atomic E-state index is 5.79. The summed E-state index contributed by atoms with van der Waals surface area (Å²) in [5.74, 6) is 0.982. The maximum Gasteiger partial charge on any atom is 0.142 e. The lowest BCUT2D eigenvalue weighted by atomic mass is 10.2. The van der Waals surface area contributed by atoms with Gasteiger partial charge < -0.3 is 15.0 Å². The Labute approximate surface area is 123 Å². The molecule has 106 valence electrons. The van der Waals surface area contributed by atoms with Crippen molar-refractivity contribution in [2.45, 2.75) is 19.5 Å². The highest BCUT2D eigenvalue weighted by Crippen LogP contribution is 2.31. The lowest BCUT2D eigenvalue weighted by Crippen LogP contribution is -2.23. The lowest BCUT2D eigenvalue weighted by Gasteiger charge is -2.22. The normalized spacial score (nSPS) is 14.6. The summed E-state index contributed by atoms with van der Waals surface area (Å²) in [7, 11) is 1.95. The number of benzene rings is 1. The summed E-state index contributed by atoms with van der Waals surface area (Å²) < 4.78 is 5.79. The molecule has 0 unspecified atom stereocenters. The first-order valence-electron chi connectivity index (χ1n) is 6.91. The summed E-state index contributed by atoms with van der Waals surface area (Å²) in [4.78, 5) is 7.03. The minimum atomic E-state index is 0.787. The highest BCUT2D eigenvalue weighted by atomic mass is 32.1. The van der Waals surface area contributed by atoms with Crippen molar-refractivity contribution in [1.29, 1.82) is 0 Å². The Hall–Kier alpha value is -1.59. The Kier molecular flexibility index (Phi) is 4.18. The third-order valence-corrected chi connectivity index (χ3v) is 4.21. The zero-order chi connectivity index (χ0) is 13.8. The van der Waals surface area contributed by atoms with Gasteiger partial charge in [-0.2, -0.15) is 0 Å². The number of nitrogens with one attached hydrogen (secondary N) is 1. The van der Waals surface area contributed by atoms with E-state index in [9.17, 15) is 0 Å². The summed E-state index contributed by atoms with van der Waals surface area (Å²) >= 11 is 1.72. The predicted molar refractivity (Wildman–Crippen MR) is 82.5 cm³/mol. The van der Waals surface area contributed by atoms with Crippen molar-refractivity contribution in [2.24, 2.45) is 0 Å². The van der Waals surface area contributed by atoms with Gasteiger partial charge in [-0.25, -0.2) is 4.98 Å². The molecule has 2 heterocycles. The molecule has 0 aliphatic carbocycles. The molecule has 0 atom stereocenters. The number of fused-ring (bicyclic) bond motifs is 1. The van der Waals surface area contributed by atoms with Crippen molar-refractivity contribution in [3.63, 3.8) is 0 Å². The van der Waals surface area contributed by atoms with E-state index in [1.807, 2.05) is 19.2 Å². The minimum absolute atomic E-state index is 0.787. The van der Waals surface area contributed by atoms with Crippen LogP contribution in [0.2, 0.25) is 0 Å². The van der Waals surface area contributed by atoms with E-state index in [0.29, 0.717) is 0 Å². The Bertz CT molecular complexity index is 570. The molecule has 0 saturated heterocycles. The SMILES string of the molecule is CNCc1nc(CN2CCCOc3ccccc32)cs1. The van der Waals surface area contributed by atoms with Crippen molar-refractivity contribution in [1.82, 2.24) is 10.3 Å². The molecule has 0 spiro atoms. The third-order valence-electron chi connectivity index (χ3n) is 3.32. The van der Waals surface area contributed by atoms with Gasteiger partial charge in [0.15, 0.2) is 0 Å². The van der Waals surface area contributed by atoms with Gasteiger partial charge in [-0.15, -0.1) is 11.3 Å². The van der Waals surface area contributed by atoms with E-state index in [1.165, 1.54) is 5.69 Å². The predicted octanol–water partition coefficient (Wildman–Crippen LogP) is 2.65. The Morgan fingerprint density at radius 3 is 3.20 bits per heavy atom. The maximum absolute atomic E-state index is 5.79. The molecular formula is C15H19N3OS. The fraction of sp³-hybridized carbons (Fsp3) is 0.400.